The highest BCUT2D eigenvalue weighted by atomic mass is 79.9. The minimum absolute atomic E-state index is 0.0928. The molecule has 0 aliphatic heterocycles. The first kappa shape index (κ1) is 12.7. The number of hydrogen-bond acceptors (Lipinski definition) is 3. The van der Waals surface area contributed by atoms with Crippen LogP contribution >= 0.6 is 27.5 Å². The molecular formula is C9H8BrClO3S. The van der Waals surface area contributed by atoms with Crippen molar-refractivity contribution >= 4 is 43.2 Å². The Bertz CT molecular complexity index is 453. The normalized spacial score (nSPS) is 11.3. The summed E-state index contributed by atoms with van der Waals surface area (Å²) in [6, 6.07) is 5.72. The van der Waals surface area contributed by atoms with Crippen LogP contribution in [-0.4, -0.2) is 24.7 Å². The van der Waals surface area contributed by atoms with Crippen LogP contribution < -0.4 is 0 Å². The Morgan fingerprint density at radius 3 is 2.20 bits per heavy atom. The summed E-state index contributed by atoms with van der Waals surface area (Å²) in [4.78, 5) is 11.3. The van der Waals surface area contributed by atoms with Gasteiger partial charge in [0.15, 0.2) is 15.6 Å². The summed E-state index contributed by atoms with van der Waals surface area (Å²) in [5.74, 6) is -0.0928. The molecule has 0 spiro atoms. The molecule has 0 aromatic heterocycles. The molecule has 0 atom stereocenters. The molecule has 0 radical (unpaired) electrons. The van der Waals surface area contributed by atoms with Crippen molar-refractivity contribution in [2.45, 2.75) is 4.90 Å². The van der Waals surface area contributed by atoms with Crippen molar-refractivity contribution in [3.63, 3.8) is 0 Å². The molecule has 0 heterocycles. The van der Waals surface area contributed by atoms with E-state index in [-0.39, 0.29) is 16.0 Å². The van der Waals surface area contributed by atoms with E-state index in [1.54, 1.807) is 0 Å². The lowest BCUT2D eigenvalue weighted by molar-refractivity contribution is 0.102. The molecule has 0 bridgehead atoms. The Labute approximate surface area is 101 Å². The van der Waals surface area contributed by atoms with Crippen LogP contribution in [-0.2, 0) is 9.84 Å². The van der Waals surface area contributed by atoms with Gasteiger partial charge in [0.1, 0.15) is 5.21 Å². The summed E-state index contributed by atoms with van der Waals surface area (Å²) in [6.45, 7) is 0. The van der Waals surface area contributed by atoms with Crippen LogP contribution in [0.2, 0.25) is 0 Å². The van der Waals surface area contributed by atoms with Crippen molar-refractivity contribution in [3.8, 4) is 0 Å². The topological polar surface area (TPSA) is 51.2 Å². The second-order valence-corrected chi connectivity index (χ2v) is 5.94. The van der Waals surface area contributed by atoms with Crippen LogP contribution in [0.15, 0.2) is 29.2 Å². The molecule has 15 heavy (non-hydrogen) atoms. The van der Waals surface area contributed by atoms with Crippen molar-refractivity contribution < 1.29 is 13.2 Å². The predicted molar refractivity (Wildman–Crippen MR) is 62.5 cm³/mol. The summed E-state index contributed by atoms with van der Waals surface area (Å²) in [7, 11) is -3.40. The van der Waals surface area contributed by atoms with E-state index in [0.29, 0.717) is 5.56 Å². The Morgan fingerprint density at radius 1 is 1.27 bits per heavy atom. The predicted octanol–water partition coefficient (Wildman–Crippen LogP) is 2.23. The van der Waals surface area contributed by atoms with E-state index in [0.717, 1.165) is 0 Å². The van der Waals surface area contributed by atoms with E-state index in [1.807, 2.05) is 0 Å². The molecular weight excluding hydrogens is 304 g/mol. The zero-order valence-electron chi connectivity index (χ0n) is 7.61. The Hall–Kier alpha value is -0.390. The number of halogens is 2. The highest BCUT2D eigenvalue weighted by molar-refractivity contribution is 9.09. The first-order valence-electron chi connectivity index (χ1n) is 3.99. The number of alkyl halides is 2. The van der Waals surface area contributed by atoms with E-state index in [1.165, 1.54) is 24.3 Å². The standard InChI is InChI=1S/C9H8BrClO3S/c10-5-9(12)7-1-3-8(4-2-7)15(13,14)6-11/h1-4H,5-6H2. The van der Waals surface area contributed by atoms with Gasteiger partial charge in [-0.1, -0.05) is 28.1 Å². The third-order valence-electron chi connectivity index (χ3n) is 1.80. The van der Waals surface area contributed by atoms with Crippen molar-refractivity contribution in [2.24, 2.45) is 0 Å². The molecule has 0 aliphatic rings. The van der Waals surface area contributed by atoms with E-state index in [4.69, 9.17) is 11.6 Å². The Morgan fingerprint density at radius 2 is 1.80 bits per heavy atom. The van der Waals surface area contributed by atoms with Crippen molar-refractivity contribution in [1.29, 1.82) is 0 Å². The fourth-order valence-electron chi connectivity index (χ4n) is 0.988. The lowest BCUT2D eigenvalue weighted by Gasteiger charge is -2.01. The van der Waals surface area contributed by atoms with Crippen LogP contribution in [0.4, 0.5) is 0 Å². The van der Waals surface area contributed by atoms with Crippen molar-refractivity contribution in [2.75, 3.05) is 10.5 Å². The zero-order chi connectivity index (χ0) is 11.5. The fraction of sp³-hybridized carbons (Fsp3) is 0.222. The molecule has 0 unspecified atom stereocenters. The zero-order valence-corrected chi connectivity index (χ0v) is 10.8. The highest BCUT2D eigenvalue weighted by Gasteiger charge is 2.13. The third-order valence-corrected chi connectivity index (χ3v) is 4.45. The van der Waals surface area contributed by atoms with Gasteiger partial charge in [0.2, 0.25) is 0 Å². The summed E-state index contributed by atoms with van der Waals surface area (Å²) in [6.07, 6.45) is 0. The highest BCUT2D eigenvalue weighted by Crippen LogP contribution is 2.14. The number of sulfone groups is 1. The molecule has 1 rings (SSSR count). The number of hydrogen-bond donors (Lipinski definition) is 0. The first-order valence-corrected chi connectivity index (χ1v) is 7.30. The van der Waals surface area contributed by atoms with Gasteiger partial charge in [0.05, 0.1) is 10.2 Å². The van der Waals surface area contributed by atoms with Gasteiger partial charge < -0.3 is 0 Å². The van der Waals surface area contributed by atoms with Gasteiger partial charge in [-0.15, -0.1) is 11.6 Å². The second-order valence-electron chi connectivity index (χ2n) is 2.81. The Balaban J connectivity index is 3.06. The largest absolute Gasteiger partial charge is 0.293 e. The second kappa shape index (κ2) is 5.09. The van der Waals surface area contributed by atoms with Crippen LogP contribution in [0, 0.1) is 0 Å². The summed E-state index contributed by atoms with van der Waals surface area (Å²) >= 11 is 8.33. The third kappa shape index (κ3) is 3.03. The number of benzene rings is 1. The monoisotopic (exact) mass is 310 g/mol. The number of ketones is 1. The fourth-order valence-corrected chi connectivity index (χ4v) is 2.37. The molecule has 0 N–H and O–H groups in total. The minimum atomic E-state index is -3.40. The average molecular weight is 312 g/mol. The molecule has 0 saturated carbocycles. The average Bonchev–Trinajstić information content (AvgIpc) is 2.28. The van der Waals surface area contributed by atoms with Gasteiger partial charge in [0, 0.05) is 5.56 Å². The molecule has 0 aliphatic carbocycles. The lowest BCUT2D eigenvalue weighted by atomic mass is 10.2. The van der Waals surface area contributed by atoms with Gasteiger partial charge >= 0.3 is 0 Å². The maximum absolute atomic E-state index is 11.3. The summed E-state index contributed by atoms with van der Waals surface area (Å²) in [5.41, 5.74) is 0.473. The van der Waals surface area contributed by atoms with Crippen LogP contribution in [0.25, 0.3) is 0 Å². The van der Waals surface area contributed by atoms with Gasteiger partial charge in [-0.2, -0.15) is 0 Å². The lowest BCUT2D eigenvalue weighted by Crippen LogP contribution is -2.04. The SMILES string of the molecule is O=C(CBr)c1ccc(S(=O)(=O)CCl)cc1. The summed E-state index contributed by atoms with van der Waals surface area (Å²) in [5, 5.41) is -0.243. The smallest absolute Gasteiger partial charge is 0.192 e. The van der Waals surface area contributed by atoms with Crippen LogP contribution in [0.1, 0.15) is 10.4 Å². The van der Waals surface area contributed by atoms with Crippen molar-refractivity contribution in [1.82, 2.24) is 0 Å². The molecule has 82 valence electrons. The molecule has 0 amide bonds. The summed E-state index contributed by atoms with van der Waals surface area (Å²) < 4.78 is 22.7. The van der Waals surface area contributed by atoms with Gasteiger partial charge in [-0.25, -0.2) is 8.42 Å². The molecule has 0 saturated heterocycles. The van der Waals surface area contributed by atoms with Gasteiger partial charge in [-0.3, -0.25) is 4.79 Å². The van der Waals surface area contributed by atoms with Gasteiger partial charge in [0.25, 0.3) is 0 Å². The maximum atomic E-state index is 11.3. The van der Waals surface area contributed by atoms with E-state index in [2.05, 4.69) is 15.9 Å². The van der Waals surface area contributed by atoms with Gasteiger partial charge in [-0.05, 0) is 12.1 Å². The number of Topliss-reactive ketones (excluding diaryl/α,β-unsaturated/α-hetero) is 1. The molecule has 6 heteroatoms. The first-order chi connectivity index (χ1) is 7.01. The van der Waals surface area contributed by atoms with E-state index >= 15 is 0 Å². The number of carbonyl (C=O) groups is 1. The van der Waals surface area contributed by atoms with E-state index in [9.17, 15) is 13.2 Å². The molecule has 1 aromatic rings. The minimum Gasteiger partial charge on any atom is -0.293 e. The van der Waals surface area contributed by atoms with Crippen LogP contribution in [0.5, 0.6) is 0 Å². The number of rotatable bonds is 4. The quantitative estimate of drug-likeness (QED) is 0.633. The van der Waals surface area contributed by atoms with Crippen LogP contribution in [0.3, 0.4) is 0 Å². The van der Waals surface area contributed by atoms with E-state index < -0.39 is 15.0 Å². The number of carbonyl (C=O) groups excluding carboxylic acids is 1. The maximum Gasteiger partial charge on any atom is 0.192 e. The molecule has 1 aromatic carbocycles. The molecule has 0 fully saturated rings. The molecule has 3 nitrogen and oxygen atoms in total. The van der Waals surface area contributed by atoms with Crippen molar-refractivity contribution in [3.05, 3.63) is 29.8 Å². The Kier molecular flexibility index (Phi) is 4.31.